The van der Waals surface area contributed by atoms with Gasteiger partial charge in [0.1, 0.15) is 0 Å². The lowest BCUT2D eigenvalue weighted by molar-refractivity contribution is 0.397. The van der Waals surface area contributed by atoms with Crippen molar-refractivity contribution in [2.75, 3.05) is 0 Å². The molecule has 0 aliphatic rings. The smallest absolute Gasteiger partial charge is 0.262 e. The largest absolute Gasteiger partial charge is 0.452 e. The van der Waals surface area contributed by atoms with E-state index in [1.54, 1.807) is 19.9 Å². The third-order valence-electron chi connectivity index (χ3n) is 1.85. The molecule has 0 unspecified atom stereocenters. The minimum Gasteiger partial charge on any atom is -0.452 e. The van der Waals surface area contributed by atoms with E-state index in [0.717, 1.165) is 0 Å². The summed E-state index contributed by atoms with van der Waals surface area (Å²) in [5, 5.41) is 4.00. The Balaban J connectivity index is 2.41. The second-order valence-corrected chi connectivity index (χ2v) is 4.10. The van der Waals surface area contributed by atoms with Crippen LogP contribution >= 0.6 is 11.6 Å². The Hall–Kier alpha value is -1.33. The molecule has 0 bridgehead atoms. The first-order chi connectivity index (χ1) is 6.98. The van der Waals surface area contributed by atoms with Crippen molar-refractivity contribution in [2.45, 2.75) is 19.4 Å². The monoisotopic (exact) mass is 227 g/mol. The summed E-state index contributed by atoms with van der Waals surface area (Å²) in [7, 11) is 0. The van der Waals surface area contributed by atoms with Crippen LogP contribution in [0.5, 0.6) is 0 Å². The Morgan fingerprint density at radius 3 is 2.67 bits per heavy atom. The SMILES string of the molecule is CC(C)(N)c1noc(-c2ccoc2Cl)n1. The van der Waals surface area contributed by atoms with Crippen molar-refractivity contribution < 1.29 is 8.94 Å². The molecule has 0 atom stereocenters. The van der Waals surface area contributed by atoms with Crippen LogP contribution in [0.15, 0.2) is 21.3 Å². The summed E-state index contributed by atoms with van der Waals surface area (Å²) in [4.78, 5) is 4.14. The van der Waals surface area contributed by atoms with Crippen LogP contribution in [0.2, 0.25) is 5.22 Å². The minimum absolute atomic E-state index is 0.222. The van der Waals surface area contributed by atoms with E-state index in [1.165, 1.54) is 6.26 Å². The summed E-state index contributed by atoms with van der Waals surface area (Å²) in [5.41, 5.74) is 5.75. The molecule has 2 rings (SSSR count). The predicted molar refractivity (Wildman–Crippen MR) is 54.2 cm³/mol. The number of aromatic nitrogens is 2. The first-order valence-corrected chi connectivity index (χ1v) is 4.72. The molecule has 0 fully saturated rings. The van der Waals surface area contributed by atoms with Crippen LogP contribution in [0.3, 0.4) is 0 Å². The van der Waals surface area contributed by atoms with Crippen LogP contribution in [0, 0.1) is 0 Å². The summed E-state index contributed by atoms with van der Waals surface area (Å²) in [6, 6.07) is 1.66. The molecular formula is C9H10ClN3O2. The average Bonchev–Trinajstić information content (AvgIpc) is 2.69. The summed E-state index contributed by atoms with van der Waals surface area (Å²) in [6.45, 7) is 3.58. The van der Waals surface area contributed by atoms with Gasteiger partial charge in [-0.3, -0.25) is 0 Å². The maximum Gasteiger partial charge on any atom is 0.262 e. The number of nitrogens with two attached hydrogens (primary N) is 1. The van der Waals surface area contributed by atoms with Crippen molar-refractivity contribution >= 4 is 11.6 Å². The molecule has 0 amide bonds. The number of hydrogen-bond acceptors (Lipinski definition) is 5. The summed E-state index contributed by atoms with van der Waals surface area (Å²) >= 11 is 5.77. The lowest BCUT2D eigenvalue weighted by Crippen LogP contribution is -2.30. The number of nitrogens with zero attached hydrogens (tertiary/aromatic N) is 2. The van der Waals surface area contributed by atoms with Crippen molar-refractivity contribution in [3.63, 3.8) is 0 Å². The second-order valence-electron chi connectivity index (χ2n) is 3.75. The number of hydrogen-bond donors (Lipinski definition) is 1. The van der Waals surface area contributed by atoms with Gasteiger partial charge in [-0.1, -0.05) is 5.16 Å². The zero-order valence-electron chi connectivity index (χ0n) is 8.32. The van der Waals surface area contributed by atoms with Gasteiger partial charge in [-0.05, 0) is 31.5 Å². The zero-order chi connectivity index (χ0) is 11.1. The molecule has 5 nitrogen and oxygen atoms in total. The highest BCUT2D eigenvalue weighted by Gasteiger charge is 2.23. The zero-order valence-corrected chi connectivity index (χ0v) is 9.08. The summed E-state index contributed by atoms with van der Waals surface area (Å²) in [5.74, 6) is 0.733. The highest BCUT2D eigenvalue weighted by atomic mass is 35.5. The topological polar surface area (TPSA) is 78.1 Å². The lowest BCUT2D eigenvalue weighted by Gasteiger charge is -2.11. The van der Waals surface area contributed by atoms with Crippen LogP contribution in [0.4, 0.5) is 0 Å². The third kappa shape index (κ3) is 1.88. The Morgan fingerprint density at radius 1 is 1.47 bits per heavy atom. The van der Waals surface area contributed by atoms with Crippen molar-refractivity contribution in [3.05, 3.63) is 23.4 Å². The molecule has 80 valence electrons. The van der Waals surface area contributed by atoms with Crippen LogP contribution in [0.25, 0.3) is 11.5 Å². The van der Waals surface area contributed by atoms with Gasteiger partial charge in [0.05, 0.1) is 17.4 Å². The summed E-state index contributed by atoms with van der Waals surface area (Å²) < 4.78 is 9.95. The van der Waals surface area contributed by atoms with Gasteiger partial charge >= 0.3 is 0 Å². The molecule has 0 saturated carbocycles. The predicted octanol–water partition coefficient (Wildman–Crippen LogP) is 2.18. The highest BCUT2D eigenvalue weighted by Crippen LogP contribution is 2.28. The van der Waals surface area contributed by atoms with Crippen LogP contribution in [0.1, 0.15) is 19.7 Å². The van der Waals surface area contributed by atoms with Gasteiger partial charge in [0.15, 0.2) is 5.82 Å². The van der Waals surface area contributed by atoms with Crippen LogP contribution in [-0.2, 0) is 5.54 Å². The number of furan rings is 1. The van der Waals surface area contributed by atoms with E-state index in [9.17, 15) is 0 Å². The van der Waals surface area contributed by atoms with E-state index in [-0.39, 0.29) is 5.22 Å². The Morgan fingerprint density at radius 2 is 2.20 bits per heavy atom. The van der Waals surface area contributed by atoms with Crippen molar-refractivity contribution in [1.29, 1.82) is 0 Å². The molecule has 2 aromatic heterocycles. The minimum atomic E-state index is -0.641. The second kappa shape index (κ2) is 3.36. The van der Waals surface area contributed by atoms with Crippen molar-refractivity contribution in [1.82, 2.24) is 10.1 Å². The molecule has 2 N–H and O–H groups in total. The Kier molecular flexibility index (Phi) is 2.28. The van der Waals surface area contributed by atoms with Crippen molar-refractivity contribution in [2.24, 2.45) is 5.73 Å². The molecule has 15 heavy (non-hydrogen) atoms. The molecule has 0 saturated heterocycles. The first kappa shape index (κ1) is 10.2. The van der Waals surface area contributed by atoms with Crippen molar-refractivity contribution in [3.8, 4) is 11.5 Å². The van der Waals surface area contributed by atoms with E-state index in [1.807, 2.05) is 0 Å². The summed E-state index contributed by atoms with van der Waals surface area (Å²) in [6.07, 6.45) is 1.45. The Bertz CT molecular complexity index is 470. The average molecular weight is 228 g/mol. The molecule has 2 aromatic rings. The van der Waals surface area contributed by atoms with Gasteiger partial charge in [0.25, 0.3) is 5.89 Å². The quantitative estimate of drug-likeness (QED) is 0.851. The van der Waals surface area contributed by atoms with Gasteiger partial charge in [0.2, 0.25) is 5.22 Å². The molecule has 6 heteroatoms. The van der Waals surface area contributed by atoms with Crippen LogP contribution in [-0.4, -0.2) is 10.1 Å². The maximum atomic E-state index is 5.82. The molecule has 2 heterocycles. The molecule has 0 radical (unpaired) electrons. The Labute approximate surface area is 91.2 Å². The maximum absolute atomic E-state index is 5.82. The van der Waals surface area contributed by atoms with Gasteiger partial charge in [-0.2, -0.15) is 4.98 Å². The fourth-order valence-electron chi connectivity index (χ4n) is 1.04. The van der Waals surface area contributed by atoms with Gasteiger partial charge in [-0.25, -0.2) is 0 Å². The lowest BCUT2D eigenvalue weighted by atomic mass is 10.1. The highest BCUT2D eigenvalue weighted by molar-refractivity contribution is 6.31. The molecule has 0 aliphatic heterocycles. The van der Waals surface area contributed by atoms with Gasteiger partial charge < -0.3 is 14.7 Å². The fourth-order valence-corrected chi connectivity index (χ4v) is 1.24. The molecular weight excluding hydrogens is 218 g/mol. The standard InChI is InChI=1S/C9H10ClN3O2/c1-9(2,11)8-12-7(15-13-8)5-3-4-14-6(5)10/h3-4H,11H2,1-2H3. The van der Waals surface area contributed by atoms with E-state index in [0.29, 0.717) is 17.3 Å². The van der Waals surface area contributed by atoms with E-state index in [2.05, 4.69) is 10.1 Å². The fraction of sp³-hybridized carbons (Fsp3) is 0.333. The van der Waals surface area contributed by atoms with E-state index in [4.69, 9.17) is 26.3 Å². The normalized spacial score (nSPS) is 12.0. The number of halogens is 1. The molecule has 0 spiro atoms. The molecule has 0 aliphatic carbocycles. The van der Waals surface area contributed by atoms with Gasteiger partial charge in [0, 0.05) is 0 Å². The number of rotatable bonds is 2. The van der Waals surface area contributed by atoms with Gasteiger partial charge in [-0.15, -0.1) is 0 Å². The van der Waals surface area contributed by atoms with E-state index >= 15 is 0 Å². The van der Waals surface area contributed by atoms with E-state index < -0.39 is 5.54 Å². The van der Waals surface area contributed by atoms with Crippen LogP contribution < -0.4 is 5.73 Å². The first-order valence-electron chi connectivity index (χ1n) is 4.35. The molecule has 0 aromatic carbocycles. The third-order valence-corrected chi connectivity index (χ3v) is 2.14.